The molecular weight excluding hydrogens is 498 g/mol. The van der Waals surface area contributed by atoms with E-state index in [0.29, 0.717) is 22.8 Å². The van der Waals surface area contributed by atoms with Crippen molar-refractivity contribution in [2.45, 2.75) is 38.3 Å². The molecule has 3 aromatic carbocycles. The van der Waals surface area contributed by atoms with Gasteiger partial charge in [-0.3, -0.25) is 13.9 Å². The van der Waals surface area contributed by atoms with Crippen molar-refractivity contribution in [1.82, 2.24) is 10.2 Å². The molecule has 3 aromatic rings. The van der Waals surface area contributed by atoms with Gasteiger partial charge in [-0.25, -0.2) is 8.42 Å². The van der Waals surface area contributed by atoms with Crippen molar-refractivity contribution >= 4 is 39.1 Å². The number of anilines is 1. The van der Waals surface area contributed by atoms with E-state index in [1.54, 1.807) is 80.6 Å². The maximum Gasteiger partial charge on any atom is 0.264 e. The van der Waals surface area contributed by atoms with Crippen LogP contribution in [-0.4, -0.2) is 44.3 Å². The number of sulfonamides is 1. The second-order valence-electron chi connectivity index (χ2n) is 8.34. The fourth-order valence-electron chi connectivity index (χ4n) is 3.67. The Balaban J connectivity index is 2.02. The van der Waals surface area contributed by atoms with Gasteiger partial charge in [0.25, 0.3) is 10.0 Å². The maximum atomic E-state index is 13.7. The summed E-state index contributed by atoms with van der Waals surface area (Å²) in [7, 11) is -4.07. The molecule has 0 aromatic heterocycles. The van der Waals surface area contributed by atoms with Crippen LogP contribution in [0.5, 0.6) is 0 Å². The number of halogens is 1. The molecule has 7 nitrogen and oxygen atoms in total. The average molecular weight is 528 g/mol. The van der Waals surface area contributed by atoms with Crippen LogP contribution in [0, 0.1) is 6.92 Å². The van der Waals surface area contributed by atoms with Gasteiger partial charge < -0.3 is 10.2 Å². The number of nitrogens with one attached hydrogen (secondary N) is 1. The predicted molar refractivity (Wildman–Crippen MR) is 142 cm³/mol. The average Bonchev–Trinajstić information content (AvgIpc) is 2.87. The van der Waals surface area contributed by atoms with Gasteiger partial charge >= 0.3 is 0 Å². The Hall–Kier alpha value is -3.36. The SMILES string of the molecule is CCNC(=O)[C@H](C)N(Cc1ccccc1Cl)C(=O)CN(c1ccc(C)cc1)S(=O)(=O)c1ccccc1. The molecule has 36 heavy (non-hydrogen) atoms. The number of carbonyl (C=O) groups excluding carboxylic acids is 2. The van der Waals surface area contributed by atoms with Crippen molar-refractivity contribution in [3.63, 3.8) is 0 Å². The van der Waals surface area contributed by atoms with Crippen LogP contribution in [0.15, 0.2) is 83.8 Å². The summed E-state index contributed by atoms with van der Waals surface area (Å²) in [6, 6.07) is 21.0. The third-order valence-electron chi connectivity index (χ3n) is 5.75. The molecule has 0 spiro atoms. The Labute approximate surface area is 217 Å². The van der Waals surface area contributed by atoms with Gasteiger partial charge in [-0.05, 0) is 56.7 Å². The van der Waals surface area contributed by atoms with Crippen molar-refractivity contribution in [3.8, 4) is 0 Å². The highest BCUT2D eigenvalue weighted by atomic mass is 35.5. The largest absolute Gasteiger partial charge is 0.355 e. The van der Waals surface area contributed by atoms with E-state index in [9.17, 15) is 18.0 Å². The minimum Gasteiger partial charge on any atom is -0.355 e. The lowest BCUT2D eigenvalue weighted by molar-refractivity contribution is -0.139. The monoisotopic (exact) mass is 527 g/mol. The highest BCUT2D eigenvalue weighted by Gasteiger charge is 2.32. The first-order chi connectivity index (χ1) is 17.1. The minimum absolute atomic E-state index is 0.0456. The Bertz CT molecular complexity index is 1300. The van der Waals surface area contributed by atoms with Gasteiger partial charge in [0, 0.05) is 18.1 Å². The molecule has 0 saturated carbocycles. The molecule has 0 fully saturated rings. The number of aryl methyl sites for hydroxylation is 1. The summed E-state index contributed by atoms with van der Waals surface area (Å²) in [5.41, 5.74) is 1.95. The van der Waals surface area contributed by atoms with Crippen molar-refractivity contribution in [1.29, 1.82) is 0 Å². The van der Waals surface area contributed by atoms with Gasteiger partial charge in [0.05, 0.1) is 10.6 Å². The first-order valence-electron chi connectivity index (χ1n) is 11.6. The van der Waals surface area contributed by atoms with Crippen molar-refractivity contribution < 1.29 is 18.0 Å². The van der Waals surface area contributed by atoms with E-state index in [0.717, 1.165) is 9.87 Å². The lowest BCUT2D eigenvalue weighted by Gasteiger charge is -2.32. The third kappa shape index (κ3) is 6.44. The lowest BCUT2D eigenvalue weighted by atomic mass is 10.1. The van der Waals surface area contributed by atoms with Crippen LogP contribution in [0.4, 0.5) is 5.69 Å². The molecule has 0 aliphatic carbocycles. The molecule has 0 radical (unpaired) electrons. The van der Waals surface area contributed by atoms with Crippen LogP contribution < -0.4 is 9.62 Å². The number of amides is 2. The van der Waals surface area contributed by atoms with Gasteiger partial charge in [-0.2, -0.15) is 0 Å². The smallest absolute Gasteiger partial charge is 0.264 e. The van der Waals surface area contributed by atoms with Gasteiger partial charge in [0.15, 0.2) is 0 Å². The van der Waals surface area contributed by atoms with E-state index in [1.807, 2.05) is 6.92 Å². The second kappa shape index (κ2) is 12.1. The van der Waals surface area contributed by atoms with Crippen molar-refractivity contribution in [2.75, 3.05) is 17.4 Å². The summed E-state index contributed by atoms with van der Waals surface area (Å²) in [4.78, 5) is 27.9. The molecule has 3 rings (SSSR count). The molecule has 9 heteroatoms. The second-order valence-corrected chi connectivity index (χ2v) is 10.6. The molecule has 0 aliphatic heterocycles. The molecule has 0 bridgehead atoms. The summed E-state index contributed by atoms with van der Waals surface area (Å²) in [5.74, 6) is -0.876. The summed E-state index contributed by atoms with van der Waals surface area (Å²) < 4.78 is 28.4. The standard InChI is InChI=1S/C27H30ClN3O4S/c1-4-29-27(33)21(3)30(18-22-10-8-9-13-25(22)28)26(32)19-31(23-16-14-20(2)15-17-23)36(34,35)24-11-6-5-7-12-24/h5-17,21H,4,18-19H2,1-3H3,(H,29,33)/t21-/m0/s1. The first kappa shape index (κ1) is 27.2. The predicted octanol–water partition coefficient (Wildman–Crippen LogP) is 4.40. The number of hydrogen-bond donors (Lipinski definition) is 1. The number of benzene rings is 3. The molecule has 2 amide bonds. The number of hydrogen-bond acceptors (Lipinski definition) is 4. The zero-order valence-corrected chi connectivity index (χ0v) is 22.1. The molecule has 0 unspecified atom stereocenters. The summed E-state index contributed by atoms with van der Waals surface area (Å²) in [6.07, 6.45) is 0. The molecular formula is C27H30ClN3O4S. The minimum atomic E-state index is -4.07. The molecule has 0 saturated heterocycles. The first-order valence-corrected chi connectivity index (χ1v) is 13.4. The lowest BCUT2D eigenvalue weighted by Crippen LogP contribution is -2.51. The summed E-state index contributed by atoms with van der Waals surface area (Å²) >= 11 is 6.34. The van der Waals surface area contributed by atoms with Gasteiger partial charge in [-0.15, -0.1) is 0 Å². The van der Waals surface area contributed by atoms with Crippen LogP contribution in [0.3, 0.4) is 0 Å². The van der Waals surface area contributed by atoms with Crippen LogP contribution >= 0.6 is 11.6 Å². The summed E-state index contributed by atoms with van der Waals surface area (Å²) in [6.45, 7) is 5.25. The third-order valence-corrected chi connectivity index (χ3v) is 7.91. The van der Waals surface area contributed by atoms with Crippen molar-refractivity contribution in [2.24, 2.45) is 0 Å². The molecule has 0 heterocycles. The fourth-order valence-corrected chi connectivity index (χ4v) is 5.30. The fraction of sp³-hybridized carbons (Fsp3) is 0.259. The number of carbonyl (C=O) groups is 2. The Kier molecular flexibility index (Phi) is 9.12. The normalized spacial score (nSPS) is 12.0. The van der Waals surface area contributed by atoms with Crippen LogP contribution in [-0.2, 0) is 26.2 Å². The molecule has 0 aliphatic rings. The molecule has 1 N–H and O–H groups in total. The molecule has 1 atom stereocenters. The van der Waals surface area contributed by atoms with E-state index in [2.05, 4.69) is 5.32 Å². The van der Waals surface area contributed by atoms with E-state index < -0.39 is 28.5 Å². The number of likely N-dealkylation sites (N-methyl/N-ethyl adjacent to an activating group) is 1. The van der Waals surface area contributed by atoms with E-state index in [4.69, 9.17) is 11.6 Å². The Morgan fingerprint density at radius 3 is 2.17 bits per heavy atom. The van der Waals surface area contributed by atoms with Gasteiger partial charge in [0.2, 0.25) is 11.8 Å². The van der Waals surface area contributed by atoms with Crippen molar-refractivity contribution in [3.05, 3.63) is 95.0 Å². The van der Waals surface area contributed by atoms with Gasteiger partial charge in [0.1, 0.15) is 12.6 Å². The quantitative estimate of drug-likeness (QED) is 0.423. The van der Waals surface area contributed by atoms with Crippen LogP contribution in [0.1, 0.15) is 25.0 Å². The van der Waals surface area contributed by atoms with E-state index in [1.165, 1.54) is 17.0 Å². The van der Waals surface area contributed by atoms with E-state index in [-0.39, 0.29) is 17.3 Å². The van der Waals surface area contributed by atoms with E-state index >= 15 is 0 Å². The summed E-state index contributed by atoms with van der Waals surface area (Å²) in [5, 5.41) is 3.18. The molecule has 190 valence electrons. The zero-order chi connectivity index (χ0) is 26.3. The number of rotatable bonds is 10. The Morgan fingerprint density at radius 1 is 0.944 bits per heavy atom. The van der Waals surface area contributed by atoms with Crippen LogP contribution in [0.2, 0.25) is 5.02 Å². The highest BCUT2D eigenvalue weighted by Crippen LogP contribution is 2.25. The maximum absolute atomic E-state index is 13.7. The van der Waals surface area contributed by atoms with Crippen LogP contribution in [0.25, 0.3) is 0 Å². The van der Waals surface area contributed by atoms with Gasteiger partial charge in [-0.1, -0.05) is 65.7 Å². The topological polar surface area (TPSA) is 86.8 Å². The number of nitrogens with zero attached hydrogens (tertiary/aromatic N) is 2. The Morgan fingerprint density at radius 2 is 1.56 bits per heavy atom. The zero-order valence-electron chi connectivity index (χ0n) is 20.5. The highest BCUT2D eigenvalue weighted by molar-refractivity contribution is 7.92.